The van der Waals surface area contributed by atoms with Gasteiger partial charge in [0, 0.05) is 17.4 Å². The molecule has 1 amide bonds. The van der Waals surface area contributed by atoms with Crippen molar-refractivity contribution in [2.24, 2.45) is 0 Å². The van der Waals surface area contributed by atoms with E-state index in [-0.39, 0.29) is 22.0 Å². The quantitative estimate of drug-likeness (QED) is 0.592. The van der Waals surface area contributed by atoms with Crippen LogP contribution in [-0.2, 0) is 16.0 Å². The number of nitrogens with zero attached hydrogens (tertiary/aromatic N) is 1. The molecule has 2 aromatic heterocycles. The van der Waals surface area contributed by atoms with Crippen LogP contribution in [0.3, 0.4) is 0 Å². The summed E-state index contributed by atoms with van der Waals surface area (Å²) < 4.78 is 15.1. The molecule has 3 rings (SSSR count). The molecule has 0 bridgehead atoms. The summed E-state index contributed by atoms with van der Waals surface area (Å²) in [4.78, 5) is 40.8. The third-order valence-electron chi connectivity index (χ3n) is 3.82. The third-order valence-corrected chi connectivity index (χ3v) is 4.79. The van der Waals surface area contributed by atoms with Gasteiger partial charge in [-0.2, -0.15) is 0 Å². The Morgan fingerprint density at radius 3 is 2.69 bits per heavy atom. The monoisotopic (exact) mass is 414 g/mol. The maximum absolute atomic E-state index is 12.2. The van der Waals surface area contributed by atoms with Crippen LogP contribution in [0, 0.1) is 6.92 Å². The van der Waals surface area contributed by atoms with Gasteiger partial charge in [-0.1, -0.05) is 30.3 Å². The van der Waals surface area contributed by atoms with Gasteiger partial charge < -0.3 is 13.9 Å². The van der Waals surface area contributed by atoms with E-state index in [2.05, 4.69) is 10.3 Å². The van der Waals surface area contributed by atoms with Gasteiger partial charge in [0.25, 0.3) is 5.91 Å². The number of carbonyl (C=O) groups excluding carboxylic acids is 2. The first-order valence-electron chi connectivity index (χ1n) is 8.60. The number of amides is 1. The molecule has 0 saturated carbocycles. The Morgan fingerprint density at radius 2 is 2.00 bits per heavy atom. The van der Waals surface area contributed by atoms with Crippen LogP contribution in [0.15, 0.2) is 51.9 Å². The van der Waals surface area contributed by atoms with Gasteiger partial charge in [-0.25, -0.2) is 9.78 Å². The molecule has 29 heavy (non-hydrogen) atoms. The van der Waals surface area contributed by atoms with Crippen molar-refractivity contribution in [3.05, 3.63) is 74.8 Å². The second-order valence-corrected chi connectivity index (χ2v) is 7.08. The Hall–Kier alpha value is -3.46. The number of ether oxygens (including phenoxy) is 2. The molecular formula is C20H18N2O6S. The molecule has 8 nitrogen and oxygen atoms in total. The van der Waals surface area contributed by atoms with Gasteiger partial charge in [-0.15, -0.1) is 11.3 Å². The number of anilines is 1. The van der Waals surface area contributed by atoms with Gasteiger partial charge in [0.2, 0.25) is 11.2 Å². The van der Waals surface area contributed by atoms with Gasteiger partial charge in [0.1, 0.15) is 12.0 Å². The fourth-order valence-electron chi connectivity index (χ4n) is 2.46. The van der Waals surface area contributed by atoms with Crippen LogP contribution in [0.2, 0.25) is 0 Å². The Labute approximate surface area is 170 Å². The van der Waals surface area contributed by atoms with E-state index >= 15 is 0 Å². The highest BCUT2D eigenvalue weighted by atomic mass is 32.1. The van der Waals surface area contributed by atoms with E-state index in [0.717, 1.165) is 11.8 Å². The SMILES string of the molecule is COC(=O)c1nc(NC(=O)COc2coc(C)cc2=O)sc1Cc1ccccc1. The lowest BCUT2D eigenvalue weighted by atomic mass is 10.1. The van der Waals surface area contributed by atoms with E-state index in [0.29, 0.717) is 17.1 Å². The van der Waals surface area contributed by atoms with Crippen molar-refractivity contribution in [3.8, 4) is 5.75 Å². The minimum Gasteiger partial charge on any atom is -0.477 e. The van der Waals surface area contributed by atoms with Crippen molar-refractivity contribution in [3.63, 3.8) is 0 Å². The summed E-state index contributed by atoms with van der Waals surface area (Å²) in [6.07, 6.45) is 1.63. The van der Waals surface area contributed by atoms with Crippen molar-refractivity contribution in [2.75, 3.05) is 19.0 Å². The van der Waals surface area contributed by atoms with Crippen LogP contribution < -0.4 is 15.5 Å². The summed E-state index contributed by atoms with van der Waals surface area (Å²) in [7, 11) is 1.27. The molecule has 0 aliphatic heterocycles. The Kier molecular flexibility index (Phi) is 6.40. The van der Waals surface area contributed by atoms with Crippen molar-refractivity contribution in [2.45, 2.75) is 13.3 Å². The lowest BCUT2D eigenvalue weighted by Crippen LogP contribution is -2.22. The number of rotatable bonds is 7. The summed E-state index contributed by atoms with van der Waals surface area (Å²) in [5.74, 6) is -0.733. The van der Waals surface area contributed by atoms with Crippen molar-refractivity contribution >= 4 is 28.3 Å². The number of nitrogens with one attached hydrogen (secondary N) is 1. The number of methoxy groups -OCH3 is 1. The Bertz CT molecular complexity index is 1070. The fourth-order valence-corrected chi connectivity index (χ4v) is 3.46. The molecule has 0 unspecified atom stereocenters. The number of carbonyl (C=O) groups is 2. The molecule has 150 valence electrons. The normalized spacial score (nSPS) is 10.4. The first-order chi connectivity index (χ1) is 14.0. The summed E-state index contributed by atoms with van der Waals surface area (Å²) in [6, 6.07) is 10.8. The number of thiazole rings is 1. The molecule has 1 N–H and O–H groups in total. The Morgan fingerprint density at radius 1 is 1.24 bits per heavy atom. The van der Waals surface area contributed by atoms with Crippen LogP contribution in [0.5, 0.6) is 5.75 Å². The highest BCUT2D eigenvalue weighted by Gasteiger charge is 2.20. The van der Waals surface area contributed by atoms with Crippen LogP contribution >= 0.6 is 11.3 Å². The average molecular weight is 414 g/mol. The molecule has 0 aliphatic rings. The molecule has 0 fully saturated rings. The Balaban J connectivity index is 1.70. The molecule has 1 aromatic carbocycles. The molecule has 0 atom stereocenters. The number of aromatic nitrogens is 1. The maximum atomic E-state index is 12.2. The van der Waals surface area contributed by atoms with E-state index in [1.807, 2.05) is 30.3 Å². The number of hydrogen-bond acceptors (Lipinski definition) is 8. The molecule has 0 spiro atoms. The fraction of sp³-hybridized carbons (Fsp3) is 0.200. The number of benzene rings is 1. The standard InChI is InChI=1S/C20H18N2O6S/c1-12-8-14(23)15(10-27-12)28-11-17(24)21-20-22-18(19(25)26-2)16(29-20)9-13-6-4-3-5-7-13/h3-8,10H,9,11H2,1-2H3,(H,21,22,24). The van der Waals surface area contributed by atoms with Gasteiger partial charge >= 0.3 is 5.97 Å². The molecule has 0 radical (unpaired) electrons. The van der Waals surface area contributed by atoms with E-state index in [1.165, 1.54) is 24.5 Å². The summed E-state index contributed by atoms with van der Waals surface area (Å²) >= 11 is 1.17. The zero-order chi connectivity index (χ0) is 20.8. The topological polar surface area (TPSA) is 108 Å². The first kappa shape index (κ1) is 20.3. The smallest absolute Gasteiger partial charge is 0.357 e. The van der Waals surface area contributed by atoms with Crippen molar-refractivity contribution in [1.82, 2.24) is 4.98 Å². The maximum Gasteiger partial charge on any atom is 0.357 e. The van der Waals surface area contributed by atoms with Crippen molar-refractivity contribution in [1.29, 1.82) is 0 Å². The van der Waals surface area contributed by atoms with E-state index < -0.39 is 18.5 Å². The summed E-state index contributed by atoms with van der Waals surface area (Å²) in [6.45, 7) is 1.22. The zero-order valence-corrected chi connectivity index (χ0v) is 16.6. The van der Waals surface area contributed by atoms with Gasteiger partial charge in [0.15, 0.2) is 17.4 Å². The second-order valence-electron chi connectivity index (χ2n) is 6.00. The highest BCUT2D eigenvalue weighted by Crippen LogP contribution is 2.26. The molecule has 0 aliphatic carbocycles. The minimum atomic E-state index is -0.582. The van der Waals surface area contributed by atoms with E-state index in [1.54, 1.807) is 6.92 Å². The van der Waals surface area contributed by atoms with Gasteiger partial charge in [0.05, 0.1) is 7.11 Å². The molecule has 9 heteroatoms. The first-order valence-corrected chi connectivity index (χ1v) is 9.42. The predicted octanol–water partition coefficient (Wildman–Crippen LogP) is 2.80. The van der Waals surface area contributed by atoms with E-state index in [9.17, 15) is 14.4 Å². The van der Waals surface area contributed by atoms with Gasteiger partial charge in [-0.3, -0.25) is 14.9 Å². The second kappa shape index (κ2) is 9.16. The van der Waals surface area contributed by atoms with Crippen LogP contribution in [0.1, 0.15) is 26.7 Å². The van der Waals surface area contributed by atoms with E-state index in [4.69, 9.17) is 13.9 Å². The predicted molar refractivity (Wildman–Crippen MR) is 107 cm³/mol. The minimum absolute atomic E-state index is 0.0649. The highest BCUT2D eigenvalue weighted by molar-refractivity contribution is 7.16. The summed E-state index contributed by atoms with van der Waals surface area (Å²) in [5.41, 5.74) is 0.763. The zero-order valence-electron chi connectivity index (χ0n) is 15.8. The molecule has 2 heterocycles. The molecular weight excluding hydrogens is 396 g/mol. The van der Waals surface area contributed by atoms with Gasteiger partial charge in [-0.05, 0) is 12.5 Å². The largest absolute Gasteiger partial charge is 0.477 e. The number of hydrogen-bond donors (Lipinski definition) is 1. The molecule has 3 aromatic rings. The number of aryl methyl sites for hydroxylation is 1. The lowest BCUT2D eigenvalue weighted by Gasteiger charge is -2.04. The van der Waals surface area contributed by atoms with Crippen LogP contribution in [0.25, 0.3) is 0 Å². The van der Waals surface area contributed by atoms with Crippen LogP contribution in [-0.4, -0.2) is 30.6 Å². The van der Waals surface area contributed by atoms with Crippen molar-refractivity contribution < 1.29 is 23.5 Å². The lowest BCUT2D eigenvalue weighted by molar-refractivity contribution is -0.118. The summed E-state index contributed by atoms with van der Waals surface area (Å²) in [5, 5.41) is 2.81. The third kappa shape index (κ3) is 5.29. The molecule has 0 saturated heterocycles. The van der Waals surface area contributed by atoms with Crippen LogP contribution in [0.4, 0.5) is 5.13 Å². The number of esters is 1. The average Bonchev–Trinajstić information content (AvgIpc) is 3.09.